The number of carbonyl (C=O) groups excluding carboxylic acids is 1. The Morgan fingerprint density at radius 3 is 2.37 bits per heavy atom. The lowest BCUT2D eigenvalue weighted by atomic mass is 9.96. The smallest absolute Gasteiger partial charge is 0.253 e. The van der Waals surface area contributed by atoms with E-state index in [4.69, 9.17) is 23.2 Å². The van der Waals surface area contributed by atoms with Crippen LogP contribution in [0.25, 0.3) is 0 Å². The number of carbonyl (C=O) groups is 1. The zero-order chi connectivity index (χ0) is 13.7. The molecule has 104 valence electrons. The van der Waals surface area contributed by atoms with Crippen LogP contribution in [0.15, 0.2) is 18.2 Å². The van der Waals surface area contributed by atoms with Crippen LogP contribution in [-0.4, -0.2) is 11.9 Å². The first-order valence-electron chi connectivity index (χ1n) is 6.93. The third kappa shape index (κ3) is 4.39. The fourth-order valence-corrected chi connectivity index (χ4v) is 2.91. The van der Waals surface area contributed by atoms with E-state index in [1.54, 1.807) is 18.2 Å². The molecule has 0 bridgehead atoms. The first-order valence-corrected chi connectivity index (χ1v) is 7.68. The summed E-state index contributed by atoms with van der Waals surface area (Å²) in [6.07, 6.45) is 8.35. The fraction of sp³-hybridized carbons (Fsp3) is 0.533. The third-order valence-corrected chi connectivity index (χ3v) is 4.18. The molecular weight excluding hydrogens is 281 g/mol. The van der Waals surface area contributed by atoms with Gasteiger partial charge in [-0.3, -0.25) is 4.79 Å². The zero-order valence-electron chi connectivity index (χ0n) is 10.9. The van der Waals surface area contributed by atoms with E-state index in [1.807, 2.05) is 0 Å². The molecule has 0 atom stereocenters. The van der Waals surface area contributed by atoms with Gasteiger partial charge in [-0.2, -0.15) is 0 Å². The van der Waals surface area contributed by atoms with Crippen molar-refractivity contribution in [2.24, 2.45) is 0 Å². The number of hydrogen-bond donors (Lipinski definition) is 1. The molecule has 1 aromatic rings. The minimum atomic E-state index is -0.113. The molecule has 0 unspecified atom stereocenters. The Hall–Kier alpha value is -0.730. The van der Waals surface area contributed by atoms with E-state index in [-0.39, 0.29) is 11.9 Å². The summed E-state index contributed by atoms with van der Waals surface area (Å²) in [6.45, 7) is 0. The highest BCUT2D eigenvalue weighted by Gasteiger charge is 2.17. The van der Waals surface area contributed by atoms with Crippen LogP contribution >= 0.6 is 23.2 Å². The first-order chi connectivity index (χ1) is 9.16. The van der Waals surface area contributed by atoms with Crippen molar-refractivity contribution >= 4 is 29.1 Å². The van der Waals surface area contributed by atoms with Crippen molar-refractivity contribution in [3.05, 3.63) is 33.8 Å². The van der Waals surface area contributed by atoms with Crippen LogP contribution in [0.1, 0.15) is 55.3 Å². The van der Waals surface area contributed by atoms with Crippen molar-refractivity contribution < 1.29 is 4.79 Å². The van der Waals surface area contributed by atoms with Crippen molar-refractivity contribution in [3.63, 3.8) is 0 Å². The topological polar surface area (TPSA) is 29.1 Å². The van der Waals surface area contributed by atoms with Crippen molar-refractivity contribution in [2.75, 3.05) is 0 Å². The summed E-state index contributed by atoms with van der Waals surface area (Å²) < 4.78 is 0. The molecule has 1 aliphatic rings. The quantitative estimate of drug-likeness (QED) is 0.832. The Labute approximate surface area is 124 Å². The summed E-state index contributed by atoms with van der Waals surface area (Å²) in [7, 11) is 0. The molecule has 1 N–H and O–H groups in total. The second-order valence-electron chi connectivity index (χ2n) is 5.14. The van der Waals surface area contributed by atoms with Gasteiger partial charge in [0.05, 0.1) is 10.6 Å². The van der Waals surface area contributed by atoms with E-state index >= 15 is 0 Å². The van der Waals surface area contributed by atoms with Crippen LogP contribution in [0.2, 0.25) is 10.0 Å². The lowest BCUT2D eigenvalue weighted by Gasteiger charge is -2.21. The van der Waals surface area contributed by atoms with E-state index in [1.165, 1.54) is 32.1 Å². The van der Waals surface area contributed by atoms with Gasteiger partial charge in [0.1, 0.15) is 0 Å². The Kier molecular flexibility index (Phi) is 5.53. The van der Waals surface area contributed by atoms with Gasteiger partial charge >= 0.3 is 0 Å². The Morgan fingerprint density at radius 1 is 1.05 bits per heavy atom. The Balaban J connectivity index is 2.00. The molecule has 0 spiro atoms. The highest BCUT2D eigenvalue weighted by Crippen LogP contribution is 2.22. The zero-order valence-corrected chi connectivity index (χ0v) is 12.4. The SMILES string of the molecule is O=C(NC1CCCCCCC1)c1cc(Cl)ccc1Cl. The van der Waals surface area contributed by atoms with Gasteiger partial charge in [0.25, 0.3) is 5.91 Å². The maximum Gasteiger partial charge on any atom is 0.253 e. The maximum absolute atomic E-state index is 12.2. The van der Waals surface area contributed by atoms with Crippen LogP contribution in [0, 0.1) is 0 Å². The highest BCUT2D eigenvalue weighted by atomic mass is 35.5. The number of hydrogen-bond acceptors (Lipinski definition) is 1. The summed E-state index contributed by atoms with van der Waals surface area (Å²) in [6, 6.07) is 5.25. The van der Waals surface area contributed by atoms with Crippen molar-refractivity contribution in [1.29, 1.82) is 0 Å². The molecule has 19 heavy (non-hydrogen) atoms. The van der Waals surface area contributed by atoms with Crippen molar-refractivity contribution in [1.82, 2.24) is 5.32 Å². The Morgan fingerprint density at radius 2 is 1.68 bits per heavy atom. The minimum Gasteiger partial charge on any atom is -0.349 e. The molecule has 1 aromatic carbocycles. The molecule has 1 fully saturated rings. The van der Waals surface area contributed by atoms with Gasteiger partial charge in [-0.25, -0.2) is 0 Å². The summed E-state index contributed by atoms with van der Waals surface area (Å²) in [5.74, 6) is -0.113. The highest BCUT2D eigenvalue weighted by molar-refractivity contribution is 6.35. The van der Waals surface area contributed by atoms with Gasteiger partial charge in [0.2, 0.25) is 0 Å². The normalized spacial score (nSPS) is 17.6. The fourth-order valence-electron chi connectivity index (χ4n) is 2.54. The first kappa shape index (κ1) is 14.7. The molecule has 0 radical (unpaired) electrons. The summed E-state index contributed by atoms with van der Waals surface area (Å²) >= 11 is 12.0. The summed E-state index contributed by atoms with van der Waals surface area (Å²) in [4.78, 5) is 12.2. The number of amides is 1. The van der Waals surface area contributed by atoms with Crippen LogP contribution in [0.5, 0.6) is 0 Å². The molecule has 0 aliphatic heterocycles. The number of rotatable bonds is 2. The van der Waals surface area contributed by atoms with E-state index in [0.717, 1.165) is 12.8 Å². The number of benzene rings is 1. The van der Waals surface area contributed by atoms with Gasteiger partial charge in [-0.05, 0) is 31.0 Å². The average molecular weight is 300 g/mol. The van der Waals surface area contributed by atoms with Gasteiger partial charge < -0.3 is 5.32 Å². The molecule has 1 saturated carbocycles. The molecular formula is C15H19Cl2NO. The van der Waals surface area contributed by atoms with Gasteiger partial charge in [0, 0.05) is 11.1 Å². The minimum absolute atomic E-state index is 0.113. The van der Waals surface area contributed by atoms with Gasteiger partial charge in [-0.1, -0.05) is 55.3 Å². The molecule has 0 saturated heterocycles. The van der Waals surface area contributed by atoms with E-state index in [0.29, 0.717) is 15.6 Å². The second kappa shape index (κ2) is 7.16. The largest absolute Gasteiger partial charge is 0.349 e. The molecule has 0 aromatic heterocycles. The van der Waals surface area contributed by atoms with Crippen LogP contribution in [0.3, 0.4) is 0 Å². The molecule has 2 rings (SSSR count). The lowest BCUT2D eigenvalue weighted by molar-refractivity contribution is 0.0930. The monoisotopic (exact) mass is 299 g/mol. The van der Waals surface area contributed by atoms with E-state index in [2.05, 4.69) is 5.32 Å². The Bertz CT molecular complexity index is 440. The van der Waals surface area contributed by atoms with E-state index in [9.17, 15) is 4.79 Å². The van der Waals surface area contributed by atoms with Crippen LogP contribution in [0.4, 0.5) is 0 Å². The standard InChI is InChI=1S/C15H19Cl2NO/c16-11-8-9-14(17)13(10-11)15(19)18-12-6-4-2-1-3-5-7-12/h8-10,12H,1-7H2,(H,18,19). The van der Waals surface area contributed by atoms with E-state index < -0.39 is 0 Å². The van der Waals surface area contributed by atoms with Gasteiger partial charge in [-0.15, -0.1) is 0 Å². The summed E-state index contributed by atoms with van der Waals surface area (Å²) in [5.41, 5.74) is 0.469. The van der Waals surface area contributed by atoms with Crippen LogP contribution < -0.4 is 5.32 Å². The molecule has 1 aliphatic carbocycles. The number of halogens is 2. The second-order valence-corrected chi connectivity index (χ2v) is 5.98. The molecule has 2 nitrogen and oxygen atoms in total. The van der Waals surface area contributed by atoms with Crippen molar-refractivity contribution in [2.45, 2.75) is 51.0 Å². The maximum atomic E-state index is 12.2. The molecule has 0 heterocycles. The molecule has 1 amide bonds. The predicted molar refractivity (Wildman–Crippen MR) is 80.0 cm³/mol. The van der Waals surface area contributed by atoms with Gasteiger partial charge in [0.15, 0.2) is 0 Å². The predicted octanol–water partition coefficient (Wildman–Crippen LogP) is 4.84. The lowest BCUT2D eigenvalue weighted by Crippen LogP contribution is -2.35. The average Bonchev–Trinajstić information content (AvgIpc) is 2.35. The molecule has 4 heteroatoms. The third-order valence-electron chi connectivity index (χ3n) is 3.61. The summed E-state index contributed by atoms with van der Waals surface area (Å²) in [5, 5.41) is 4.08. The van der Waals surface area contributed by atoms with Crippen molar-refractivity contribution in [3.8, 4) is 0 Å². The van der Waals surface area contributed by atoms with Crippen LogP contribution in [-0.2, 0) is 0 Å². The number of nitrogens with one attached hydrogen (secondary N) is 1.